The van der Waals surface area contributed by atoms with Crippen LogP contribution in [-0.2, 0) is 9.53 Å². The summed E-state index contributed by atoms with van der Waals surface area (Å²) in [7, 11) is 0. The second-order valence-electron chi connectivity index (χ2n) is 4.76. The minimum Gasteiger partial charge on any atom is -0.459 e. The van der Waals surface area contributed by atoms with Gasteiger partial charge in [-0.2, -0.15) is 0 Å². The van der Waals surface area contributed by atoms with Crippen LogP contribution in [-0.4, -0.2) is 12.1 Å². The molecular weight excluding hydrogens is 250 g/mol. The summed E-state index contributed by atoms with van der Waals surface area (Å²) in [6.45, 7) is 3.34. The Kier molecular flexibility index (Phi) is 4.30. The first-order valence-electron chi connectivity index (χ1n) is 6.38. The van der Waals surface area contributed by atoms with Crippen LogP contribution in [0.3, 0.4) is 0 Å². The van der Waals surface area contributed by atoms with Crippen molar-refractivity contribution in [3.05, 3.63) is 48.1 Å². The molecule has 19 heavy (non-hydrogen) atoms. The normalized spacial score (nSPS) is 22.8. The first-order chi connectivity index (χ1) is 9.11. The predicted molar refractivity (Wildman–Crippen MR) is 67.6 cm³/mol. The Morgan fingerprint density at radius 2 is 1.95 bits per heavy atom. The van der Waals surface area contributed by atoms with Crippen molar-refractivity contribution in [3.8, 4) is 0 Å². The number of rotatable bonds is 3. The third kappa shape index (κ3) is 3.19. The van der Waals surface area contributed by atoms with Crippen LogP contribution in [0.25, 0.3) is 0 Å². The molecule has 1 fully saturated rings. The lowest BCUT2D eigenvalue weighted by atomic mass is 9.82. The molecule has 4 heteroatoms. The van der Waals surface area contributed by atoms with Crippen molar-refractivity contribution in [3.63, 3.8) is 0 Å². The fourth-order valence-electron chi connectivity index (χ4n) is 2.54. The second-order valence-corrected chi connectivity index (χ2v) is 4.76. The minimum absolute atomic E-state index is 0.00520. The van der Waals surface area contributed by atoms with Gasteiger partial charge in [0.1, 0.15) is 6.10 Å². The Labute approximate surface area is 111 Å². The number of benzene rings is 1. The van der Waals surface area contributed by atoms with Crippen LogP contribution in [0, 0.1) is 11.6 Å². The standard InChI is InChI=1S/C15H16F2O2/c1-2-14(18)19-11-8-6-10(7-9-11)12-4-3-5-13(16)15(12)17/h2-5,10-11H,1,6-9H2/t10-,11-. The van der Waals surface area contributed by atoms with E-state index < -0.39 is 17.6 Å². The average molecular weight is 266 g/mol. The molecule has 102 valence electrons. The predicted octanol–water partition coefficient (Wildman–Crippen LogP) is 3.72. The Hall–Kier alpha value is -1.71. The summed E-state index contributed by atoms with van der Waals surface area (Å²) in [6.07, 6.45) is 3.71. The van der Waals surface area contributed by atoms with Crippen molar-refractivity contribution in [1.29, 1.82) is 0 Å². The zero-order valence-electron chi connectivity index (χ0n) is 10.6. The molecule has 0 heterocycles. The molecule has 0 radical (unpaired) electrons. The van der Waals surface area contributed by atoms with Gasteiger partial charge in [-0.15, -0.1) is 0 Å². The maximum Gasteiger partial charge on any atom is 0.330 e. The molecule has 0 spiro atoms. The zero-order chi connectivity index (χ0) is 13.8. The van der Waals surface area contributed by atoms with E-state index >= 15 is 0 Å². The summed E-state index contributed by atoms with van der Waals surface area (Å²) in [5.41, 5.74) is 0.425. The third-order valence-electron chi connectivity index (χ3n) is 3.54. The number of carbonyl (C=O) groups excluding carboxylic acids is 1. The summed E-state index contributed by atoms with van der Waals surface area (Å²) in [4.78, 5) is 11.1. The SMILES string of the molecule is C=CC(=O)O[C@H]1CC[C@H](c2cccc(F)c2F)CC1. The van der Waals surface area contributed by atoms with Crippen LogP contribution < -0.4 is 0 Å². The van der Waals surface area contributed by atoms with Gasteiger partial charge in [-0.25, -0.2) is 13.6 Å². The van der Waals surface area contributed by atoms with Gasteiger partial charge >= 0.3 is 5.97 Å². The van der Waals surface area contributed by atoms with E-state index in [4.69, 9.17) is 4.74 Å². The van der Waals surface area contributed by atoms with Crippen LogP contribution in [0.15, 0.2) is 30.9 Å². The van der Waals surface area contributed by atoms with Crippen LogP contribution in [0.4, 0.5) is 8.78 Å². The van der Waals surface area contributed by atoms with Gasteiger partial charge in [0.25, 0.3) is 0 Å². The molecule has 0 unspecified atom stereocenters. The van der Waals surface area contributed by atoms with E-state index in [0.717, 1.165) is 12.1 Å². The second kappa shape index (κ2) is 5.95. The van der Waals surface area contributed by atoms with Gasteiger partial charge in [-0.1, -0.05) is 18.7 Å². The molecule has 2 nitrogen and oxygen atoms in total. The van der Waals surface area contributed by atoms with Gasteiger partial charge < -0.3 is 4.74 Å². The molecule has 0 bridgehead atoms. The van der Waals surface area contributed by atoms with E-state index in [0.29, 0.717) is 31.2 Å². The number of ether oxygens (including phenoxy) is 1. The van der Waals surface area contributed by atoms with Gasteiger partial charge in [0, 0.05) is 6.08 Å². The summed E-state index contributed by atoms with van der Waals surface area (Å²) in [5, 5.41) is 0. The maximum atomic E-state index is 13.7. The quantitative estimate of drug-likeness (QED) is 0.615. The summed E-state index contributed by atoms with van der Waals surface area (Å²) < 4.78 is 32.0. The third-order valence-corrected chi connectivity index (χ3v) is 3.54. The van der Waals surface area contributed by atoms with E-state index in [-0.39, 0.29) is 12.0 Å². The molecule has 0 N–H and O–H groups in total. The highest BCUT2D eigenvalue weighted by atomic mass is 19.2. The van der Waals surface area contributed by atoms with Crippen molar-refractivity contribution in [2.75, 3.05) is 0 Å². The number of esters is 1. The van der Waals surface area contributed by atoms with Gasteiger partial charge in [-0.3, -0.25) is 0 Å². The molecule has 1 aliphatic rings. The summed E-state index contributed by atoms with van der Waals surface area (Å²) in [5.74, 6) is -2.00. The number of halogens is 2. The highest BCUT2D eigenvalue weighted by molar-refractivity contribution is 5.81. The van der Waals surface area contributed by atoms with E-state index in [2.05, 4.69) is 6.58 Å². The Bertz CT molecular complexity index is 477. The fourth-order valence-corrected chi connectivity index (χ4v) is 2.54. The fraction of sp³-hybridized carbons (Fsp3) is 0.400. The molecule has 1 aliphatic carbocycles. The number of hydrogen-bond acceptors (Lipinski definition) is 2. The molecule has 0 aliphatic heterocycles. The van der Waals surface area contributed by atoms with Crippen molar-refractivity contribution in [2.45, 2.75) is 37.7 Å². The Morgan fingerprint density at radius 1 is 1.26 bits per heavy atom. The monoisotopic (exact) mass is 266 g/mol. The van der Waals surface area contributed by atoms with E-state index in [1.807, 2.05) is 0 Å². The van der Waals surface area contributed by atoms with E-state index in [1.54, 1.807) is 6.07 Å². The molecule has 0 saturated heterocycles. The summed E-state index contributed by atoms with van der Waals surface area (Å²) in [6, 6.07) is 4.27. The number of carbonyl (C=O) groups is 1. The lowest BCUT2D eigenvalue weighted by Crippen LogP contribution is -2.23. The minimum atomic E-state index is -0.808. The largest absolute Gasteiger partial charge is 0.459 e. The highest BCUT2D eigenvalue weighted by Gasteiger charge is 2.26. The first kappa shape index (κ1) is 13.7. The first-order valence-corrected chi connectivity index (χ1v) is 6.38. The smallest absolute Gasteiger partial charge is 0.330 e. The van der Waals surface area contributed by atoms with Gasteiger partial charge in [0.05, 0.1) is 0 Å². The van der Waals surface area contributed by atoms with Crippen LogP contribution >= 0.6 is 0 Å². The Morgan fingerprint density at radius 3 is 2.58 bits per heavy atom. The van der Waals surface area contributed by atoms with Gasteiger partial charge in [-0.05, 0) is 43.2 Å². The molecule has 1 aromatic rings. The molecule has 0 aromatic heterocycles. The lowest BCUT2D eigenvalue weighted by Gasteiger charge is -2.28. The molecule has 1 saturated carbocycles. The van der Waals surface area contributed by atoms with Crippen LogP contribution in [0.2, 0.25) is 0 Å². The zero-order valence-corrected chi connectivity index (χ0v) is 10.6. The lowest BCUT2D eigenvalue weighted by molar-refractivity contribution is -0.144. The van der Waals surface area contributed by atoms with Crippen LogP contribution in [0.5, 0.6) is 0 Å². The maximum absolute atomic E-state index is 13.7. The molecule has 1 aromatic carbocycles. The number of hydrogen-bond donors (Lipinski definition) is 0. The van der Waals surface area contributed by atoms with Crippen molar-refractivity contribution in [1.82, 2.24) is 0 Å². The molecule has 0 atom stereocenters. The van der Waals surface area contributed by atoms with E-state index in [1.165, 1.54) is 6.07 Å². The molecular formula is C15H16F2O2. The topological polar surface area (TPSA) is 26.3 Å². The Balaban J connectivity index is 1.98. The molecule has 0 amide bonds. The van der Waals surface area contributed by atoms with E-state index in [9.17, 15) is 13.6 Å². The van der Waals surface area contributed by atoms with Gasteiger partial charge in [0.15, 0.2) is 11.6 Å². The van der Waals surface area contributed by atoms with Crippen molar-refractivity contribution >= 4 is 5.97 Å². The van der Waals surface area contributed by atoms with Gasteiger partial charge in [0.2, 0.25) is 0 Å². The summed E-state index contributed by atoms with van der Waals surface area (Å²) >= 11 is 0. The van der Waals surface area contributed by atoms with Crippen molar-refractivity contribution < 1.29 is 18.3 Å². The van der Waals surface area contributed by atoms with Crippen molar-refractivity contribution in [2.24, 2.45) is 0 Å². The van der Waals surface area contributed by atoms with Crippen LogP contribution in [0.1, 0.15) is 37.2 Å². The average Bonchev–Trinajstić information content (AvgIpc) is 2.43. The highest BCUT2D eigenvalue weighted by Crippen LogP contribution is 2.35. The molecule has 2 rings (SSSR count).